The summed E-state index contributed by atoms with van der Waals surface area (Å²) in [6.07, 6.45) is -2.73. The number of nitrogens with zero attached hydrogens (tertiary/aromatic N) is 2. The lowest BCUT2D eigenvalue weighted by molar-refractivity contribution is 0.0668. The van der Waals surface area contributed by atoms with Crippen molar-refractivity contribution in [2.75, 3.05) is 20.3 Å². The number of methoxy groups -OCH3 is 1. The summed E-state index contributed by atoms with van der Waals surface area (Å²) >= 11 is 0. The van der Waals surface area contributed by atoms with Gasteiger partial charge in [0.25, 0.3) is 6.43 Å². The molecule has 0 saturated carbocycles. The second-order valence-electron chi connectivity index (χ2n) is 3.05. The summed E-state index contributed by atoms with van der Waals surface area (Å²) in [6, 6.07) is 0. The van der Waals surface area contributed by atoms with Crippen molar-refractivity contribution in [3.63, 3.8) is 0 Å². The zero-order valence-corrected chi connectivity index (χ0v) is 9.35. The molecule has 0 radical (unpaired) electrons. The Labute approximate surface area is 96.1 Å². The minimum atomic E-state index is -2.82. The standard InChI is InChI=1S/C9H12F2N2O4/c1-13-5-6(7(12-13)8(10)11)17-9(14)16-4-3-15-2/h5,8H,3-4H2,1-2H3. The van der Waals surface area contributed by atoms with Gasteiger partial charge in [0.05, 0.1) is 12.8 Å². The first-order valence-electron chi connectivity index (χ1n) is 4.69. The average molecular weight is 250 g/mol. The number of aromatic nitrogens is 2. The van der Waals surface area contributed by atoms with Crippen LogP contribution in [-0.4, -0.2) is 36.3 Å². The highest BCUT2D eigenvalue weighted by Crippen LogP contribution is 2.27. The summed E-state index contributed by atoms with van der Waals surface area (Å²) in [5, 5.41) is 3.47. The maximum atomic E-state index is 12.5. The maximum Gasteiger partial charge on any atom is 0.514 e. The number of carbonyl (C=O) groups is 1. The van der Waals surface area contributed by atoms with E-state index in [0.717, 1.165) is 4.68 Å². The van der Waals surface area contributed by atoms with Crippen molar-refractivity contribution in [3.8, 4) is 5.75 Å². The number of hydrogen-bond donors (Lipinski definition) is 0. The van der Waals surface area contributed by atoms with Gasteiger partial charge >= 0.3 is 6.16 Å². The summed E-state index contributed by atoms with van der Waals surface area (Å²) < 4.78 is 39.9. The molecule has 6 nitrogen and oxygen atoms in total. The van der Waals surface area contributed by atoms with Gasteiger partial charge in [-0.2, -0.15) is 5.10 Å². The van der Waals surface area contributed by atoms with Gasteiger partial charge in [0.15, 0.2) is 11.4 Å². The molecule has 0 aromatic carbocycles. The molecule has 1 rings (SSSR count). The van der Waals surface area contributed by atoms with E-state index in [1.807, 2.05) is 0 Å². The van der Waals surface area contributed by atoms with Crippen LogP contribution in [-0.2, 0) is 16.5 Å². The Morgan fingerprint density at radius 1 is 1.53 bits per heavy atom. The van der Waals surface area contributed by atoms with Gasteiger partial charge in [-0.15, -0.1) is 0 Å². The largest absolute Gasteiger partial charge is 0.514 e. The highest BCUT2D eigenvalue weighted by atomic mass is 19.3. The number of aryl methyl sites for hydroxylation is 1. The van der Waals surface area contributed by atoms with Gasteiger partial charge in [0.2, 0.25) is 0 Å². The maximum absolute atomic E-state index is 12.5. The van der Waals surface area contributed by atoms with Gasteiger partial charge in [-0.3, -0.25) is 4.68 Å². The molecule has 8 heteroatoms. The van der Waals surface area contributed by atoms with E-state index in [1.165, 1.54) is 20.4 Å². The van der Waals surface area contributed by atoms with E-state index < -0.39 is 18.3 Å². The van der Waals surface area contributed by atoms with Crippen LogP contribution in [0.1, 0.15) is 12.1 Å². The van der Waals surface area contributed by atoms with E-state index in [1.54, 1.807) is 0 Å². The van der Waals surface area contributed by atoms with Crippen LogP contribution in [0.5, 0.6) is 5.75 Å². The molecule has 0 spiro atoms. The second kappa shape index (κ2) is 6.14. The Bertz CT molecular complexity index is 381. The van der Waals surface area contributed by atoms with Crippen LogP contribution in [0.4, 0.5) is 13.6 Å². The molecule has 0 saturated heterocycles. The van der Waals surface area contributed by atoms with Crippen LogP contribution < -0.4 is 4.74 Å². The van der Waals surface area contributed by atoms with Crippen molar-refractivity contribution >= 4 is 6.16 Å². The molecule has 0 bridgehead atoms. The molecule has 17 heavy (non-hydrogen) atoms. The van der Waals surface area contributed by atoms with Crippen molar-refractivity contribution in [3.05, 3.63) is 11.9 Å². The van der Waals surface area contributed by atoms with E-state index in [9.17, 15) is 13.6 Å². The zero-order valence-electron chi connectivity index (χ0n) is 9.35. The summed E-state index contributed by atoms with van der Waals surface area (Å²) in [4.78, 5) is 11.1. The third-order valence-electron chi connectivity index (χ3n) is 1.73. The van der Waals surface area contributed by atoms with E-state index in [4.69, 9.17) is 0 Å². The molecule has 0 aliphatic rings. The van der Waals surface area contributed by atoms with Gasteiger partial charge in [-0.05, 0) is 0 Å². The van der Waals surface area contributed by atoms with E-state index in [2.05, 4.69) is 19.3 Å². The van der Waals surface area contributed by atoms with Crippen molar-refractivity contribution in [2.45, 2.75) is 6.43 Å². The first kappa shape index (κ1) is 13.4. The zero-order chi connectivity index (χ0) is 12.8. The molecule has 0 N–H and O–H groups in total. The second-order valence-corrected chi connectivity index (χ2v) is 3.05. The Morgan fingerprint density at radius 2 is 2.24 bits per heavy atom. The molecule has 0 unspecified atom stereocenters. The summed E-state index contributed by atoms with van der Waals surface area (Å²) in [5.41, 5.74) is -0.601. The van der Waals surface area contributed by atoms with Gasteiger partial charge in [-0.25, -0.2) is 13.6 Å². The summed E-state index contributed by atoms with van der Waals surface area (Å²) in [6.45, 7) is 0.184. The third kappa shape index (κ3) is 3.99. The number of rotatable bonds is 5. The van der Waals surface area contributed by atoms with Crippen LogP contribution in [0.2, 0.25) is 0 Å². The van der Waals surface area contributed by atoms with Crippen LogP contribution >= 0.6 is 0 Å². The quantitative estimate of drug-likeness (QED) is 0.585. The highest BCUT2D eigenvalue weighted by Gasteiger charge is 2.21. The van der Waals surface area contributed by atoms with Crippen molar-refractivity contribution in [1.29, 1.82) is 0 Å². The minimum Gasteiger partial charge on any atom is -0.432 e. The predicted molar refractivity (Wildman–Crippen MR) is 52.0 cm³/mol. The SMILES string of the molecule is COCCOC(=O)Oc1cn(C)nc1C(F)F. The van der Waals surface area contributed by atoms with Gasteiger partial charge in [0, 0.05) is 14.2 Å². The number of carbonyl (C=O) groups excluding carboxylic acids is 1. The molecule has 0 fully saturated rings. The van der Waals surface area contributed by atoms with Crippen LogP contribution in [0, 0.1) is 0 Å². The summed E-state index contributed by atoms with van der Waals surface area (Å²) in [5.74, 6) is -0.315. The molecule has 1 aromatic rings. The molecule has 0 aliphatic carbocycles. The van der Waals surface area contributed by atoms with Crippen LogP contribution in [0.25, 0.3) is 0 Å². The predicted octanol–water partition coefficient (Wildman–Crippen LogP) is 1.52. The van der Waals surface area contributed by atoms with Crippen LogP contribution in [0.3, 0.4) is 0 Å². The Balaban J connectivity index is 2.58. The number of halogens is 2. The van der Waals surface area contributed by atoms with Gasteiger partial charge < -0.3 is 14.2 Å². The number of hydrogen-bond acceptors (Lipinski definition) is 5. The molecule has 1 heterocycles. The number of ether oxygens (including phenoxy) is 3. The fourth-order valence-electron chi connectivity index (χ4n) is 1.04. The monoisotopic (exact) mass is 250 g/mol. The highest BCUT2D eigenvalue weighted by molar-refractivity contribution is 5.64. The fourth-order valence-corrected chi connectivity index (χ4v) is 1.04. The molecule has 1 aromatic heterocycles. The molecule has 0 amide bonds. The molecule has 0 atom stereocenters. The number of alkyl halides is 2. The third-order valence-corrected chi connectivity index (χ3v) is 1.73. The first-order valence-corrected chi connectivity index (χ1v) is 4.69. The Morgan fingerprint density at radius 3 is 2.82 bits per heavy atom. The van der Waals surface area contributed by atoms with E-state index >= 15 is 0 Å². The molecular weight excluding hydrogens is 238 g/mol. The van der Waals surface area contributed by atoms with Crippen LogP contribution in [0.15, 0.2) is 6.20 Å². The van der Waals surface area contributed by atoms with Crippen molar-refractivity contribution in [1.82, 2.24) is 9.78 Å². The minimum absolute atomic E-state index is 0.0143. The van der Waals surface area contributed by atoms with Crippen molar-refractivity contribution < 1.29 is 27.8 Å². The molecule has 0 aliphatic heterocycles. The van der Waals surface area contributed by atoms with Gasteiger partial charge in [0.1, 0.15) is 6.61 Å². The van der Waals surface area contributed by atoms with Gasteiger partial charge in [-0.1, -0.05) is 0 Å². The molecule has 96 valence electrons. The topological polar surface area (TPSA) is 62.6 Å². The van der Waals surface area contributed by atoms with Crippen molar-refractivity contribution in [2.24, 2.45) is 7.05 Å². The van der Waals surface area contributed by atoms with E-state index in [-0.39, 0.29) is 19.0 Å². The summed E-state index contributed by atoms with van der Waals surface area (Å²) in [7, 11) is 2.87. The smallest absolute Gasteiger partial charge is 0.432 e. The molecular formula is C9H12F2N2O4. The lowest BCUT2D eigenvalue weighted by atomic mass is 10.4. The van der Waals surface area contributed by atoms with E-state index in [0.29, 0.717) is 0 Å². The first-order chi connectivity index (χ1) is 8.04. The lowest BCUT2D eigenvalue weighted by Crippen LogP contribution is -2.14. The lowest BCUT2D eigenvalue weighted by Gasteiger charge is -2.04. The average Bonchev–Trinajstić information content (AvgIpc) is 2.60. The normalized spacial score (nSPS) is 10.6. The fraction of sp³-hybridized carbons (Fsp3) is 0.556. The Kier molecular flexibility index (Phi) is 4.83. The Hall–Kier alpha value is -1.70.